The van der Waals surface area contributed by atoms with Crippen LogP contribution in [0.5, 0.6) is 0 Å². The van der Waals surface area contributed by atoms with Crippen molar-refractivity contribution in [3.05, 3.63) is 0 Å². The largest absolute Gasteiger partial charge is 0.391 e. The Kier molecular flexibility index (Phi) is 4.55. The minimum atomic E-state index is -0.386. The number of rotatable bonds is 3. The van der Waals surface area contributed by atoms with Crippen LogP contribution in [0.1, 0.15) is 26.2 Å². The highest BCUT2D eigenvalue weighted by Crippen LogP contribution is 2.10. The quantitative estimate of drug-likeness (QED) is 0.665. The maximum absolute atomic E-state index is 11.6. The average molecular weight is 214 g/mol. The number of hydrogen-bond acceptors (Lipinski definition) is 3. The maximum atomic E-state index is 11.6. The summed E-state index contributed by atoms with van der Waals surface area (Å²) >= 11 is 0. The summed E-state index contributed by atoms with van der Waals surface area (Å²) in [4.78, 5) is 23.8. The smallest absolute Gasteiger partial charge is 0.224 e. The fourth-order valence-electron chi connectivity index (χ4n) is 1.68. The van der Waals surface area contributed by atoms with Gasteiger partial charge in [0.25, 0.3) is 0 Å². The van der Waals surface area contributed by atoms with E-state index in [1.54, 1.807) is 4.90 Å². The number of hydrogen-bond donors (Lipinski definition) is 2. The van der Waals surface area contributed by atoms with Crippen molar-refractivity contribution in [2.45, 2.75) is 32.3 Å². The van der Waals surface area contributed by atoms with Crippen molar-refractivity contribution in [3.63, 3.8) is 0 Å². The lowest BCUT2D eigenvalue weighted by molar-refractivity contribution is -0.134. The minimum absolute atomic E-state index is 0.00231. The van der Waals surface area contributed by atoms with Crippen LogP contribution < -0.4 is 5.32 Å². The number of nitrogens with one attached hydrogen (secondary N) is 1. The minimum Gasteiger partial charge on any atom is -0.391 e. The summed E-state index contributed by atoms with van der Waals surface area (Å²) in [6.07, 6.45) is 1.55. The summed E-state index contributed by atoms with van der Waals surface area (Å²) in [6.45, 7) is 2.95. The lowest BCUT2D eigenvalue weighted by Crippen LogP contribution is -2.43. The van der Waals surface area contributed by atoms with Crippen LogP contribution in [-0.2, 0) is 9.59 Å². The molecule has 0 bridgehead atoms. The number of carbonyl (C=O) groups is 2. The predicted octanol–water partition coefficient (Wildman–Crippen LogP) is -0.504. The van der Waals surface area contributed by atoms with Gasteiger partial charge in [-0.3, -0.25) is 9.59 Å². The maximum Gasteiger partial charge on any atom is 0.224 e. The molecule has 1 atom stereocenters. The molecule has 15 heavy (non-hydrogen) atoms. The molecule has 5 heteroatoms. The average Bonchev–Trinajstić information content (AvgIpc) is 2.17. The molecule has 2 N–H and O–H groups in total. The third-order valence-corrected chi connectivity index (χ3v) is 2.46. The van der Waals surface area contributed by atoms with Gasteiger partial charge in [-0.05, 0) is 12.8 Å². The van der Waals surface area contributed by atoms with Crippen molar-refractivity contribution in [1.29, 1.82) is 0 Å². The Morgan fingerprint density at radius 1 is 1.53 bits per heavy atom. The van der Waals surface area contributed by atoms with E-state index in [2.05, 4.69) is 5.32 Å². The SMILES string of the molecule is CC(=O)NCCC(=O)N1CCC[C@H](O)C1. The van der Waals surface area contributed by atoms with E-state index in [9.17, 15) is 14.7 Å². The van der Waals surface area contributed by atoms with Crippen LogP contribution >= 0.6 is 0 Å². The molecular weight excluding hydrogens is 196 g/mol. The first-order chi connectivity index (χ1) is 7.09. The molecule has 0 aromatic heterocycles. The molecule has 0 spiro atoms. The topological polar surface area (TPSA) is 69.6 Å². The molecule has 0 radical (unpaired) electrons. The van der Waals surface area contributed by atoms with Gasteiger partial charge in [-0.1, -0.05) is 0 Å². The van der Waals surface area contributed by atoms with Crippen LogP contribution in [0.25, 0.3) is 0 Å². The summed E-state index contributed by atoms with van der Waals surface area (Å²) in [5, 5.41) is 12.0. The van der Waals surface area contributed by atoms with Gasteiger partial charge in [-0.15, -0.1) is 0 Å². The van der Waals surface area contributed by atoms with Crippen LogP contribution in [0.2, 0.25) is 0 Å². The summed E-state index contributed by atoms with van der Waals surface area (Å²) in [5.74, 6) is -0.121. The van der Waals surface area contributed by atoms with E-state index in [0.29, 0.717) is 19.5 Å². The molecule has 86 valence electrons. The first kappa shape index (κ1) is 12.0. The van der Waals surface area contributed by atoms with Gasteiger partial charge in [0.2, 0.25) is 11.8 Å². The van der Waals surface area contributed by atoms with Crippen molar-refractivity contribution in [3.8, 4) is 0 Å². The highest BCUT2D eigenvalue weighted by molar-refractivity contribution is 5.78. The summed E-state index contributed by atoms with van der Waals surface area (Å²) in [7, 11) is 0. The van der Waals surface area contributed by atoms with Gasteiger partial charge in [-0.25, -0.2) is 0 Å². The van der Waals surface area contributed by atoms with Gasteiger partial charge in [0, 0.05) is 33.0 Å². The van der Waals surface area contributed by atoms with Crippen molar-refractivity contribution >= 4 is 11.8 Å². The molecule has 1 fully saturated rings. The van der Waals surface area contributed by atoms with Gasteiger partial charge >= 0.3 is 0 Å². The first-order valence-electron chi connectivity index (χ1n) is 5.30. The first-order valence-corrected chi connectivity index (χ1v) is 5.30. The van der Waals surface area contributed by atoms with E-state index in [1.165, 1.54) is 6.92 Å². The standard InChI is InChI=1S/C10H18N2O3/c1-8(13)11-5-4-10(15)12-6-2-3-9(14)7-12/h9,14H,2-7H2,1H3,(H,11,13)/t9-/m0/s1. The van der Waals surface area contributed by atoms with Gasteiger partial charge < -0.3 is 15.3 Å². The fraction of sp³-hybridized carbons (Fsp3) is 0.800. The fourth-order valence-corrected chi connectivity index (χ4v) is 1.68. The Morgan fingerprint density at radius 3 is 2.87 bits per heavy atom. The van der Waals surface area contributed by atoms with Gasteiger partial charge in [-0.2, -0.15) is 0 Å². The summed E-state index contributed by atoms with van der Waals surface area (Å²) in [6, 6.07) is 0. The molecule has 2 amide bonds. The molecule has 1 aliphatic heterocycles. The Labute approximate surface area is 89.4 Å². The van der Waals surface area contributed by atoms with E-state index in [4.69, 9.17) is 0 Å². The highest BCUT2D eigenvalue weighted by Gasteiger charge is 2.21. The van der Waals surface area contributed by atoms with Crippen molar-refractivity contribution in [1.82, 2.24) is 10.2 Å². The molecule has 1 aliphatic rings. The zero-order valence-corrected chi connectivity index (χ0v) is 9.03. The number of aliphatic hydroxyl groups is 1. The molecule has 1 saturated heterocycles. The van der Waals surface area contributed by atoms with Crippen molar-refractivity contribution in [2.24, 2.45) is 0 Å². The molecular formula is C10H18N2O3. The van der Waals surface area contributed by atoms with Crippen molar-refractivity contribution in [2.75, 3.05) is 19.6 Å². The van der Waals surface area contributed by atoms with Gasteiger partial charge in [0.1, 0.15) is 0 Å². The zero-order valence-electron chi connectivity index (χ0n) is 9.03. The second kappa shape index (κ2) is 5.70. The molecule has 0 unspecified atom stereocenters. The number of carbonyl (C=O) groups excluding carboxylic acids is 2. The Balaban J connectivity index is 2.24. The molecule has 5 nitrogen and oxygen atoms in total. The Hall–Kier alpha value is -1.10. The van der Waals surface area contributed by atoms with Crippen LogP contribution in [0.3, 0.4) is 0 Å². The second-order valence-corrected chi connectivity index (χ2v) is 3.87. The molecule has 0 aromatic rings. The molecule has 1 heterocycles. The number of nitrogens with zero attached hydrogens (tertiary/aromatic N) is 1. The van der Waals surface area contributed by atoms with Gasteiger partial charge in [0.15, 0.2) is 0 Å². The molecule has 0 saturated carbocycles. The Morgan fingerprint density at radius 2 is 2.27 bits per heavy atom. The number of aliphatic hydroxyl groups excluding tert-OH is 1. The highest BCUT2D eigenvalue weighted by atomic mass is 16.3. The van der Waals surface area contributed by atoms with E-state index in [1.807, 2.05) is 0 Å². The number of β-amino-alcohol motifs (C(OH)–C–C–N with tert-alkyl or cyclic N) is 1. The van der Waals surface area contributed by atoms with Crippen LogP contribution in [0.15, 0.2) is 0 Å². The second-order valence-electron chi connectivity index (χ2n) is 3.87. The third kappa shape index (κ3) is 4.29. The monoisotopic (exact) mass is 214 g/mol. The normalized spacial score (nSPS) is 21.2. The number of piperidine rings is 1. The van der Waals surface area contributed by atoms with E-state index in [0.717, 1.165) is 19.4 Å². The zero-order chi connectivity index (χ0) is 11.3. The van der Waals surface area contributed by atoms with Crippen LogP contribution in [-0.4, -0.2) is 47.6 Å². The Bertz CT molecular complexity index is 243. The number of amides is 2. The van der Waals surface area contributed by atoms with Gasteiger partial charge in [0.05, 0.1) is 6.10 Å². The van der Waals surface area contributed by atoms with E-state index >= 15 is 0 Å². The van der Waals surface area contributed by atoms with E-state index < -0.39 is 0 Å². The molecule has 0 aliphatic carbocycles. The number of likely N-dealkylation sites (tertiary alicyclic amines) is 1. The molecule has 0 aromatic carbocycles. The lowest BCUT2D eigenvalue weighted by atomic mass is 10.1. The molecule has 1 rings (SSSR count). The summed E-state index contributed by atoms with van der Waals surface area (Å²) in [5.41, 5.74) is 0. The third-order valence-electron chi connectivity index (χ3n) is 2.46. The van der Waals surface area contributed by atoms with Crippen LogP contribution in [0.4, 0.5) is 0 Å². The van der Waals surface area contributed by atoms with Crippen molar-refractivity contribution < 1.29 is 14.7 Å². The summed E-state index contributed by atoms with van der Waals surface area (Å²) < 4.78 is 0. The van der Waals surface area contributed by atoms with E-state index in [-0.39, 0.29) is 17.9 Å². The van der Waals surface area contributed by atoms with Crippen LogP contribution in [0, 0.1) is 0 Å². The predicted molar refractivity (Wildman–Crippen MR) is 55.1 cm³/mol. The lowest BCUT2D eigenvalue weighted by Gasteiger charge is -2.30.